The summed E-state index contributed by atoms with van der Waals surface area (Å²) in [5.74, 6) is 2.84. The molecule has 0 fully saturated rings. The first-order valence-corrected chi connectivity index (χ1v) is 20.4. The van der Waals surface area contributed by atoms with Crippen molar-refractivity contribution in [2.75, 3.05) is 0 Å². The summed E-state index contributed by atoms with van der Waals surface area (Å²) in [6.07, 6.45) is 17.5. The molecule has 7 aromatic rings. The maximum atomic E-state index is 5.31. The Morgan fingerprint density at radius 1 is 0.696 bits per heavy atom. The van der Waals surface area contributed by atoms with Crippen LogP contribution in [-0.2, 0) is 11.8 Å². The van der Waals surface area contributed by atoms with E-state index in [1.807, 2.05) is 0 Å². The topological polar surface area (TPSA) is 38.7 Å². The van der Waals surface area contributed by atoms with E-state index in [2.05, 4.69) is 161 Å². The molecule has 6 aromatic carbocycles. The normalized spacial score (nSPS) is 17.6. The van der Waals surface area contributed by atoms with Crippen molar-refractivity contribution < 1.29 is 0 Å². The predicted octanol–water partition coefficient (Wildman–Crippen LogP) is 13.9. The summed E-state index contributed by atoms with van der Waals surface area (Å²) in [5, 5.41) is 7.86. The van der Waals surface area contributed by atoms with Crippen LogP contribution in [0.5, 0.6) is 0 Å². The second-order valence-electron chi connectivity index (χ2n) is 16.6. The van der Waals surface area contributed by atoms with Crippen LogP contribution < -0.4 is 0 Å². The first-order chi connectivity index (χ1) is 27.4. The zero-order valence-corrected chi connectivity index (χ0v) is 32.9. The molecule has 3 heteroatoms. The Morgan fingerprint density at radius 2 is 1.39 bits per heavy atom. The van der Waals surface area contributed by atoms with E-state index in [1.165, 1.54) is 82.4 Å². The number of benzene rings is 6. The molecule has 1 heterocycles. The van der Waals surface area contributed by atoms with Gasteiger partial charge in [0.05, 0.1) is 0 Å². The monoisotopic (exact) mass is 725 g/mol. The molecule has 3 nitrogen and oxygen atoms in total. The van der Waals surface area contributed by atoms with Crippen molar-refractivity contribution in [2.45, 2.75) is 77.6 Å². The quantitative estimate of drug-likeness (QED) is 0.127. The SMILES string of the molecule is C/C=C\c1c(CC2=CCCC(c3nc(-c4ccc5c(c4)C(C)(C)c4ccccc4-5)nc(C4CCC=C(C)C4)n3)=C2)ccc2c3ccccc3c3ccccc3c12. The van der Waals surface area contributed by atoms with E-state index in [4.69, 9.17) is 15.0 Å². The minimum absolute atomic E-state index is 0.0918. The zero-order chi connectivity index (χ0) is 38.0. The number of fused-ring (bicyclic) bond motifs is 9. The lowest BCUT2D eigenvalue weighted by atomic mass is 9.82. The molecule has 10 rings (SSSR count). The first-order valence-electron chi connectivity index (χ1n) is 20.4. The third-order valence-corrected chi connectivity index (χ3v) is 12.7. The van der Waals surface area contributed by atoms with Gasteiger partial charge in [0.1, 0.15) is 5.82 Å². The molecule has 0 aliphatic heterocycles. The predicted molar refractivity (Wildman–Crippen MR) is 236 cm³/mol. The molecular weight excluding hydrogens is 679 g/mol. The molecule has 0 spiro atoms. The fraction of sp³-hybridized carbons (Fsp3) is 0.226. The van der Waals surface area contributed by atoms with Crippen molar-refractivity contribution in [3.63, 3.8) is 0 Å². The van der Waals surface area contributed by atoms with Crippen molar-refractivity contribution in [3.05, 3.63) is 172 Å². The molecule has 0 N–H and O–H groups in total. The number of aromatic nitrogens is 3. The van der Waals surface area contributed by atoms with E-state index in [0.717, 1.165) is 61.6 Å². The lowest BCUT2D eigenvalue weighted by Gasteiger charge is -2.23. The van der Waals surface area contributed by atoms with Crippen LogP contribution in [0.3, 0.4) is 0 Å². The Bertz CT molecular complexity index is 2830. The minimum Gasteiger partial charge on any atom is -0.213 e. The average molecular weight is 726 g/mol. The molecule has 1 aromatic heterocycles. The number of nitrogens with zero attached hydrogens (tertiary/aromatic N) is 3. The molecular formula is C53H47N3. The maximum Gasteiger partial charge on any atom is 0.163 e. The lowest BCUT2D eigenvalue weighted by Crippen LogP contribution is -2.15. The average Bonchev–Trinajstić information content (AvgIpc) is 3.47. The van der Waals surface area contributed by atoms with Gasteiger partial charge in [0.15, 0.2) is 11.6 Å². The lowest BCUT2D eigenvalue weighted by molar-refractivity contribution is 0.561. The van der Waals surface area contributed by atoms with E-state index in [9.17, 15) is 0 Å². The summed E-state index contributed by atoms with van der Waals surface area (Å²) < 4.78 is 0. The van der Waals surface area contributed by atoms with Gasteiger partial charge in [-0.25, -0.2) is 15.0 Å². The van der Waals surface area contributed by atoms with Gasteiger partial charge in [0.25, 0.3) is 0 Å². The van der Waals surface area contributed by atoms with Crippen molar-refractivity contribution in [2.24, 2.45) is 0 Å². The first kappa shape index (κ1) is 34.6. The van der Waals surface area contributed by atoms with Gasteiger partial charge in [0, 0.05) is 16.9 Å². The Morgan fingerprint density at radius 3 is 2.18 bits per heavy atom. The summed E-state index contributed by atoms with van der Waals surface area (Å²) in [5.41, 5.74) is 12.9. The molecule has 0 saturated heterocycles. The third-order valence-electron chi connectivity index (χ3n) is 12.7. The molecule has 1 unspecified atom stereocenters. The van der Waals surface area contributed by atoms with Gasteiger partial charge in [-0.1, -0.05) is 147 Å². The Hall–Kier alpha value is -5.93. The van der Waals surface area contributed by atoms with E-state index in [1.54, 1.807) is 0 Å². The van der Waals surface area contributed by atoms with E-state index < -0.39 is 0 Å². The van der Waals surface area contributed by atoms with Crippen LogP contribution >= 0.6 is 0 Å². The highest BCUT2D eigenvalue weighted by Gasteiger charge is 2.35. The van der Waals surface area contributed by atoms with Gasteiger partial charge < -0.3 is 0 Å². The van der Waals surface area contributed by atoms with Crippen molar-refractivity contribution >= 4 is 44.0 Å². The van der Waals surface area contributed by atoms with Crippen LogP contribution in [0, 0.1) is 0 Å². The number of allylic oxidation sites excluding steroid dienone is 7. The molecule has 0 saturated carbocycles. The highest BCUT2D eigenvalue weighted by Crippen LogP contribution is 2.49. The van der Waals surface area contributed by atoms with Crippen LogP contribution in [0.1, 0.15) is 99.6 Å². The van der Waals surface area contributed by atoms with Gasteiger partial charge in [-0.2, -0.15) is 0 Å². The van der Waals surface area contributed by atoms with Crippen LogP contribution in [-0.4, -0.2) is 15.0 Å². The number of rotatable bonds is 6. The largest absolute Gasteiger partial charge is 0.213 e. The highest BCUT2D eigenvalue weighted by molar-refractivity contribution is 6.27. The molecule has 0 radical (unpaired) electrons. The van der Waals surface area contributed by atoms with Gasteiger partial charge in [0.2, 0.25) is 0 Å². The van der Waals surface area contributed by atoms with E-state index in [-0.39, 0.29) is 5.41 Å². The van der Waals surface area contributed by atoms with Crippen molar-refractivity contribution in [3.8, 4) is 22.5 Å². The summed E-state index contributed by atoms with van der Waals surface area (Å²) >= 11 is 0. The Labute approximate surface area is 330 Å². The summed E-state index contributed by atoms with van der Waals surface area (Å²) in [6.45, 7) is 9.05. The van der Waals surface area contributed by atoms with Crippen LogP contribution in [0.2, 0.25) is 0 Å². The molecule has 0 amide bonds. The van der Waals surface area contributed by atoms with Crippen molar-refractivity contribution in [1.29, 1.82) is 0 Å². The number of hydrogen-bond donors (Lipinski definition) is 0. The molecule has 0 bridgehead atoms. The third kappa shape index (κ3) is 5.75. The van der Waals surface area contributed by atoms with Crippen LogP contribution in [0.4, 0.5) is 0 Å². The Balaban J connectivity index is 1.06. The second kappa shape index (κ2) is 13.7. The summed E-state index contributed by atoms with van der Waals surface area (Å²) in [7, 11) is 0. The van der Waals surface area contributed by atoms with Gasteiger partial charge >= 0.3 is 0 Å². The van der Waals surface area contributed by atoms with Gasteiger partial charge in [-0.05, 0) is 135 Å². The Kier molecular flexibility index (Phi) is 8.44. The standard InChI is InChI=1S/C53H47N3/c1-5-14-39-35(25-28-46-42-21-7-6-19-40(42)41-20-8-9-23-45(41)49(39)46)30-34-16-13-18-37(31-34)51-54-50(36-17-12-15-33(2)29-36)55-52(56-51)38-26-27-44-43-22-10-11-24-47(43)53(3,4)48(44)32-38/h5-11,14-16,19-28,31-32,36H,12-13,17-18,29-30H2,1-4H3/b14-5-. The summed E-state index contributed by atoms with van der Waals surface area (Å²) in [6, 6.07) is 38.1. The molecule has 56 heavy (non-hydrogen) atoms. The molecule has 3 aliphatic rings. The van der Waals surface area contributed by atoms with Gasteiger partial charge in [-0.3, -0.25) is 0 Å². The van der Waals surface area contributed by atoms with Crippen LogP contribution in [0.25, 0.3) is 66.5 Å². The zero-order valence-electron chi connectivity index (χ0n) is 32.9. The fourth-order valence-corrected chi connectivity index (χ4v) is 9.88. The number of hydrogen-bond acceptors (Lipinski definition) is 3. The maximum absolute atomic E-state index is 5.31. The molecule has 3 aliphatic carbocycles. The fourth-order valence-electron chi connectivity index (χ4n) is 9.88. The van der Waals surface area contributed by atoms with Crippen molar-refractivity contribution in [1.82, 2.24) is 15.0 Å². The van der Waals surface area contributed by atoms with E-state index >= 15 is 0 Å². The summed E-state index contributed by atoms with van der Waals surface area (Å²) in [4.78, 5) is 15.9. The molecule has 1 atom stereocenters. The van der Waals surface area contributed by atoms with Crippen LogP contribution in [0.15, 0.2) is 139 Å². The molecule has 274 valence electrons. The highest BCUT2D eigenvalue weighted by atomic mass is 15.0. The minimum atomic E-state index is -0.0918. The van der Waals surface area contributed by atoms with E-state index in [0.29, 0.717) is 5.92 Å². The van der Waals surface area contributed by atoms with Gasteiger partial charge in [-0.15, -0.1) is 0 Å². The second-order valence-corrected chi connectivity index (χ2v) is 16.6. The smallest absolute Gasteiger partial charge is 0.163 e.